The minimum atomic E-state index is -4.61. The lowest BCUT2D eigenvalue weighted by Crippen LogP contribution is -2.37. The molecule has 1 amide bonds. The first-order valence-electron chi connectivity index (χ1n) is 7.83. The number of hydrogen-bond acceptors (Lipinski definition) is 4. The topological polar surface area (TPSA) is 91.4 Å². The number of nitrogens with zero attached hydrogens (tertiary/aromatic N) is 2. The van der Waals surface area contributed by atoms with Crippen LogP contribution in [0.2, 0.25) is 5.02 Å². The molecule has 0 saturated heterocycles. The van der Waals surface area contributed by atoms with Crippen molar-refractivity contribution in [1.82, 2.24) is 15.5 Å². The van der Waals surface area contributed by atoms with E-state index in [9.17, 15) is 22.4 Å². The van der Waals surface area contributed by atoms with Gasteiger partial charge in [-0.2, -0.15) is 18.3 Å². The van der Waals surface area contributed by atoms with Crippen LogP contribution in [0.4, 0.5) is 23.4 Å². The number of amides is 1. The standard InChI is InChI=1S/C16H16ClF4N5O2/c1-8(7-28-2)22-15(23-13-6-12(25-26-13)16(19,20)21)24-14(27)9-3-4-10(17)11(18)5-9/h3-6,8H,7H2,1-2H3,(H3,22,23,24,25,26,27). The van der Waals surface area contributed by atoms with Crippen LogP contribution in [-0.2, 0) is 10.9 Å². The lowest BCUT2D eigenvalue weighted by atomic mass is 10.2. The van der Waals surface area contributed by atoms with Gasteiger partial charge in [0.05, 0.1) is 17.7 Å². The fourth-order valence-electron chi connectivity index (χ4n) is 2.06. The molecule has 1 aromatic carbocycles. The van der Waals surface area contributed by atoms with Gasteiger partial charge < -0.3 is 10.1 Å². The number of methoxy groups -OCH3 is 1. The summed E-state index contributed by atoms with van der Waals surface area (Å²) in [6, 6.07) is 3.67. The fourth-order valence-corrected chi connectivity index (χ4v) is 2.18. The first-order chi connectivity index (χ1) is 13.1. The van der Waals surface area contributed by atoms with Crippen LogP contribution in [0.25, 0.3) is 0 Å². The molecule has 152 valence electrons. The lowest BCUT2D eigenvalue weighted by Gasteiger charge is -2.13. The number of aromatic amines is 1. The first-order valence-corrected chi connectivity index (χ1v) is 8.20. The molecule has 2 aromatic rings. The molecular formula is C16H16ClF4N5O2. The van der Waals surface area contributed by atoms with Gasteiger partial charge in [0.25, 0.3) is 5.91 Å². The number of H-pyrrole nitrogens is 1. The molecule has 7 nitrogen and oxygen atoms in total. The number of carbonyl (C=O) groups excluding carboxylic acids is 1. The van der Waals surface area contributed by atoms with Crippen molar-refractivity contribution < 1.29 is 27.1 Å². The average molecular weight is 422 g/mol. The number of guanidine groups is 1. The molecule has 0 fully saturated rings. The van der Waals surface area contributed by atoms with Crippen molar-refractivity contribution >= 4 is 29.3 Å². The molecule has 1 aromatic heterocycles. The van der Waals surface area contributed by atoms with Crippen molar-refractivity contribution in [2.45, 2.75) is 19.1 Å². The summed E-state index contributed by atoms with van der Waals surface area (Å²) in [5, 5.41) is 10.0. The molecule has 0 spiro atoms. The Hall–Kier alpha value is -2.66. The van der Waals surface area contributed by atoms with Gasteiger partial charge in [-0.25, -0.2) is 9.38 Å². The lowest BCUT2D eigenvalue weighted by molar-refractivity contribution is -0.141. The summed E-state index contributed by atoms with van der Waals surface area (Å²) >= 11 is 5.58. The number of aromatic nitrogens is 2. The second-order valence-electron chi connectivity index (χ2n) is 5.65. The number of halogens is 5. The minimum absolute atomic E-state index is 0.0613. The molecule has 0 aliphatic carbocycles. The molecule has 0 radical (unpaired) electrons. The van der Waals surface area contributed by atoms with Crippen LogP contribution in [0.5, 0.6) is 0 Å². The van der Waals surface area contributed by atoms with Gasteiger partial charge in [0.1, 0.15) is 11.5 Å². The van der Waals surface area contributed by atoms with Crippen LogP contribution in [0.1, 0.15) is 23.0 Å². The van der Waals surface area contributed by atoms with Crippen LogP contribution < -0.4 is 10.6 Å². The van der Waals surface area contributed by atoms with E-state index in [1.807, 2.05) is 5.10 Å². The summed E-state index contributed by atoms with van der Waals surface area (Å²) in [6.45, 7) is 1.84. The number of ether oxygens (including phenoxy) is 1. The third-order valence-corrected chi connectivity index (χ3v) is 3.61. The highest BCUT2D eigenvalue weighted by Crippen LogP contribution is 2.28. The summed E-state index contributed by atoms with van der Waals surface area (Å²) in [7, 11) is 1.44. The molecule has 3 N–H and O–H groups in total. The van der Waals surface area contributed by atoms with Crippen molar-refractivity contribution in [2.75, 3.05) is 19.0 Å². The van der Waals surface area contributed by atoms with Crippen molar-refractivity contribution in [2.24, 2.45) is 4.99 Å². The maximum absolute atomic E-state index is 13.6. The van der Waals surface area contributed by atoms with Gasteiger partial charge in [0.2, 0.25) is 5.96 Å². The van der Waals surface area contributed by atoms with Crippen molar-refractivity contribution in [3.63, 3.8) is 0 Å². The molecule has 0 aliphatic rings. The number of nitrogens with one attached hydrogen (secondary N) is 3. The third kappa shape index (κ3) is 5.92. The zero-order chi connectivity index (χ0) is 20.9. The van der Waals surface area contributed by atoms with E-state index in [2.05, 4.69) is 20.7 Å². The van der Waals surface area contributed by atoms with Crippen LogP contribution in [0.3, 0.4) is 0 Å². The summed E-state index contributed by atoms with van der Waals surface area (Å²) in [6.07, 6.45) is -4.61. The van der Waals surface area contributed by atoms with Crippen molar-refractivity contribution in [1.29, 1.82) is 0 Å². The zero-order valence-electron chi connectivity index (χ0n) is 14.7. The Morgan fingerprint density at radius 1 is 1.39 bits per heavy atom. The molecule has 2 rings (SSSR count). The maximum Gasteiger partial charge on any atom is 0.432 e. The summed E-state index contributed by atoms with van der Waals surface area (Å²) in [5.74, 6) is -1.96. The highest BCUT2D eigenvalue weighted by molar-refractivity contribution is 6.30. The summed E-state index contributed by atoms with van der Waals surface area (Å²) < 4.78 is 56.6. The van der Waals surface area contributed by atoms with E-state index in [4.69, 9.17) is 16.3 Å². The molecule has 12 heteroatoms. The SMILES string of the molecule is COCC(C)N=C(NC(=O)c1ccc(Cl)c(F)c1)Nc1cc(C(F)(F)F)[nH]n1. The van der Waals surface area contributed by atoms with E-state index in [0.29, 0.717) is 6.07 Å². The van der Waals surface area contributed by atoms with Crippen molar-refractivity contribution in [3.05, 3.63) is 46.4 Å². The van der Waals surface area contributed by atoms with Gasteiger partial charge in [0.15, 0.2) is 5.82 Å². The Balaban J connectivity index is 2.22. The maximum atomic E-state index is 13.6. The molecule has 0 aliphatic heterocycles. The number of carbonyl (C=O) groups is 1. The third-order valence-electron chi connectivity index (χ3n) is 3.30. The second-order valence-corrected chi connectivity index (χ2v) is 6.06. The molecule has 1 heterocycles. The van der Waals surface area contributed by atoms with Gasteiger partial charge in [-0.1, -0.05) is 11.6 Å². The summed E-state index contributed by atoms with van der Waals surface area (Å²) in [5.41, 5.74) is -1.14. The molecule has 1 unspecified atom stereocenters. The normalized spacial score (nSPS) is 13.3. The van der Waals surface area contributed by atoms with E-state index < -0.39 is 29.6 Å². The Bertz CT molecular complexity index is 869. The number of aliphatic imine (C=N–C) groups is 1. The molecule has 1 atom stereocenters. The number of benzene rings is 1. The minimum Gasteiger partial charge on any atom is -0.382 e. The number of alkyl halides is 3. The van der Waals surface area contributed by atoms with Gasteiger partial charge >= 0.3 is 6.18 Å². The Morgan fingerprint density at radius 2 is 2.11 bits per heavy atom. The van der Waals surface area contributed by atoms with Gasteiger partial charge in [-0.05, 0) is 25.1 Å². The number of anilines is 1. The second kappa shape index (κ2) is 9.02. The number of rotatable bonds is 5. The summed E-state index contributed by atoms with van der Waals surface area (Å²) in [4.78, 5) is 16.5. The molecule has 0 bridgehead atoms. The monoisotopic (exact) mass is 421 g/mol. The quantitative estimate of drug-likeness (QED) is 0.392. The van der Waals surface area contributed by atoms with E-state index in [-0.39, 0.29) is 29.0 Å². The smallest absolute Gasteiger partial charge is 0.382 e. The fraction of sp³-hybridized carbons (Fsp3) is 0.312. The van der Waals surface area contributed by atoms with Crippen LogP contribution in [0, 0.1) is 5.82 Å². The Kier molecular flexibility index (Phi) is 6.97. The van der Waals surface area contributed by atoms with E-state index >= 15 is 0 Å². The van der Waals surface area contributed by atoms with Gasteiger partial charge in [-0.3, -0.25) is 15.2 Å². The Morgan fingerprint density at radius 3 is 2.68 bits per heavy atom. The van der Waals surface area contributed by atoms with Crippen LogP contribution >= 0.6 is 11.6 Å². The van der Waals surface area contributed by atoms with E-state index in [1.165, 1.54) is 19.2 Å². The zero-order valence-corrected chi connectivity index (χ0v) is 15.5. The van der Waals surface area contributed by atoms with Gasteiger partial charge in [0, 0.05) is 18.7 Å². The Labute approximate surface area is 162 Å². The van der Waals surface area contributed by atoms with Crippen molar-refractivity contribution in [3.8, 4) is 0 Å². The highest BCUT2D eigenvalue weighted by Gasteiger charge is 2.33. The van der Waals surface area contributed by atoms with Crippen LogP contribution in [0.15, 0.2) is 29.3 Å². The predicted octanol–water partition coefficient (Wildman–Crippen LogP) is 3.45. The predicted molar refractivity (Wildman–Crippen MR) is 94.9 cm³/mol. The molecular weight excluding hydrogens is 406 g/mol. The van der Waals surface area contributed by atoms with E-state index in [1.54, 1.807) is 6.92 Å². The number of hydrogen-bond donors (Lipinski definition) is 3. The largest absolute Gasteiger partial charge is 0.432 e. The highest BCUT2D eigenvalue weighted by atomic mass is 35.5. The average Bonchev–Trinajstić information content (AvgIpc) is 3.06. The molecule has 0 saturated carbocycles. The van der Waals surface area contributed by atoms with Crippen LogP contribution in [-0.4, -0.2) is 41.8 Å². The van der Waals surface area contributed by atoms with Gasteiger partial charge in [-0.15, -0.1) is 0 Å². The molecule has 28 heavy (non-hydrogen) atoms. The van der Waals surface area contributed by atoms with E-state index in [0.717, 1.165) is 6.07 Å². The first kappa shape index (κ1) is 21.6.